The number of nitrogens with zero attached hydrogens (tertiary/aromatic N) is 7. The number of nitrogens with one attached hydrogen (secondary N) is 1. The van der Waals surface area contributed by atoms with Gasteiger partial charge in [0.05, 0.1) is 30.4 Å². The highest BCUT2D eigenvalue weighted by Crippen LogP contribution is 2.28. The number of benzene rings is 1. The van der Waals surface area contributed by atoms with Crippen molar-refractivity contribution < 1.29 is 14.1 Å². The van der Waals surface area contributed by atoms with E-state index in [9.17, 15) is 4.79 Å². The number of anilines is 2. The summed E-state index contributed by atoms with van der Waals surface area (Å²) in [5.74, 6) is 0.792. The molecule has 1 amide bonds. The van der Waals surface area contributed by atoms with E-state index < -0.39 is 0 Å². The molecule has 4 aromatic rings. The second-order valence-electron chi connectivity index (χ2n) is 12.1. The maximum absolute atomic E-state index is 13.0. The quantitative estimate of drug-likeness (QED) is 0.320. The number of carbonyl (C=O) groups excluding carboxylic acids is 1. The van der Waals surface area contributed by atoms with E-state index in [0.29, 0.717) is 34.9 Å². The summed E-state index contributed by atoms with van der Waals surface area (Å²) >= 11 is 0. The molecular weight excluding hydrogens is 532 g/mol. The van der Waals surface area contributed by atoms with Gasteiger partial charge in [-0.05, 0) is 44.5 Å². The molecule has 0 spiro atoms. The molecule has 42 heavy (non-hydrogen) atoms. The van der Waals surface area contributed by atoms with Crippen LogP contribution < -0.4 is 10.2 Å². The Hall–Kier alpha value is -4.09. The van der Waals surface area contributed by atoms with Crippen molar-refractivity contribution in [3.8, 4) is 16.9 Å². The lowest BCUT2D eigenvalue weighted by atomic mass is 9.93. The molecule has 0 bridgehead atoms. The Bertz CT molecular complexity index is 1530. The van der Waals surface area contributed by atoms with Gasteiger partial charge < -0.3 is 19.5 Å². The minimum Gasteiger partial charge on any atom is -0.383 e. The van der Waals surface area contributed by atoms with Crippen LogP contribution in [0.5, 0.6) is 0 Å². The van der Waals surface area contributed by atoms with E-state index in [0.717, 1.165) is 48.7 Å². The van der Waals surface area contributed by atoms with Crippen molar-refractivity contribution in [2.45, 2.75) is 59.0 Å². The van der Waals surface area contributed by atoms with Gasteiger partial charge in [0, 0.05) is 67.6 Å². The molecule has 1 fully saturated rings. The Labute approximate surface area is 246 Å². The third-order valence-electron chi connectivity index (χ3n) is 7.74. The first-order valence-electron chi connectivity index (χ1n) is 14.3. The third kappa shape index (κ3) is 6.37. The van der Waals surface area contributed by atoms with E-state index in [1.807, 2.05) is 46.2 Å². The van der Waals surface area contributed by atoms with Crippen LogP contribution in [0, 0.1) is 6.92 Å². The predicted octanol–water partition coefficient (Wildman–Crippen LogP) is 4.72. The maximum atomic E-state index is 13.0. The molecule has 1 aliphatic rings. The molecule has 2 atom stereocenters. The van der Waals surface area contributed by atoms with Crippen LogP contribution in [0.3, 0.4) is 0 Å². The molecule has 0 saturated carbocycles. The average Bonchev–Trinajstić information content (AvgIpc) is 3.63. The summed E-state index contributed by atoms with van der Waals surface area (Å²) < 4.78 is 12.4. The monoisotopic (exact) mass is 572 g/mol. The van der Waals surface area contributed by atoms with Crippen LogP contribution in [-0.4, -0.2) is 81.4 Å². The van der Waals surface area contributed by atoms with Crippen molar-refractivity contribution >= 4 is 17.4 Å². The van der Waals surface area contributed by atoms with Crippen molar-refractivity contribution in [1.82, 2.24) is 30.0 Å². The zero-order valence-corrected chi connectivity index (χ0v) is 25.5. The average molecular weight is 573 g/mol. The van der Waals surface area contributed by atoms with Crippen molar-refractivity contribution in [1.29, 1.82) is 0 Å². The van der Waals surface area contributed by atoms with Gasteiger partial charge in [-0.25, -0.2) is 4.68 Å². The molecule has 11 heteroatoms. The number of ether oxygens (including phenoxy) is 1. The van der Waals surface area contributed by atoms with Gasteiger partial charge in [-0.1, -0.05) is 37.2 Å². The van der Waals surface area contributed by atoms with Gasteiger partial charge in [-0.15, -0.1) is 5.10 Å². The first-order valence-corrected chi connectivity index (χ1v) is 14.3. The van der Waals surface area contributed by atoms with Crippen molar-refractivity contribution in [2.75, 3.05) is 43.6 Å². The molecule has 222 valence electrons. The number of pyridine rings is 1. The van der Waals surface area contributed by atoms with Gasteiger partial charge in [-0.3, -0.25) is 14.7 Å². The number of methoxy groups -OCH3 is 1. The summed E-state index contributed by atoms with van der Waals surface area (Å²) in [7, 11) is 1.75. The smallest absolute Gasteiger partial charge is 0.256 e. The molecule has 0 aliphatic carbocycles. The summed E-state index contributed by atoms with van der Waals surface area (Å²) in [5, 5.41) is 15.7. The van der Waals surface area contributed by atoms with Crippen LogP contribution in [-0.2, 0) is 10.2 Å². The highest BCUT2D eigenvalue weighted by Gasteiger charge is 2.29. The summed E-state index contributed by atoms with van der Waals surface area (Å²) in [6, 6.07) is 10.1. The van der Waals surface area contributed by atoms with Gasteiger partial charge in [0.1, 0.15) is 11.5 Å². The molecule has 1 aromatic carbocycles. The Morgan fingerprint density at radius 1 is 1.12 bits per heavy atom. The van der Waals surface area contributed by atoms with Gasteiger partial charge >= 0.3 is 0 Å². The normalized spacial score (nSPS) is 17.9. The fourth-order valence-electron chi connectivity index (χ4n) is 5.33. The molecule has 2 unspecified atom stereocenters. The zero-order valence-electron chi connectivity index (χ0n) is 25.5. The van der Waals surface area contributed by atoms with E-state index in [2.05, 4.69) is 55.5 Å². The van der Waals surface area contributed by atoms with Gasteiger partial charge in [0.2, 0.25) is 0 Å². The molecule has 1 N–H and O–H groups in total. The molecule has 3 aromatic heterocycles. The third-order valence-corrected chi connectivity index (χ3v) is 7.74. The number of piperazine rings is 1. The van der Waals surface area contributed by atoms with Crippen LogP contribution in [0.4, 0.5) is 11.5 Å². The van der Waals surface area contributed by atoms with Gasteiger partial charge in [-0.2, -0.15) is 0 Å². The Kier molecular flexibility index (Phi) is 8.42. The number of carbonyl (C=O) groups is 1. The summed E-state index contributed by atoms with van der Waals surface area (Å²) in [4.78, 5) is 22.4. The largest absolute Gasteiger partial charge is 0.383 e. The molecule has 1 saturated heterocycles. The van der Waals surface area contributed by atoms with Crippen molar-refractivity contribution in [3.63, 3.8) is 0 Å². The van der Waals surface area contributed by atoms with E-state index in [1.165, 1.54) is 0 Å². The Morgan fingerprint density at radius 2 is 1.88 bits per heavy atom. The minimum absolute atomic E-state index is 0.206. The molecule has 1 aliphatic heterocycles. The van der Waals surface area contributed by atoms with Crippen LogP contribution in [0.1, 0.15) is 56.3 Å². The zero-order chi connectivity index (χ0) is 30.0. The van der Waals surface area contributed by atoms with Crippen LogP contribution in [0.15, 0.2) is 53.4 Å². The van der Waals surface area contributed by atoms with Crippen molar-refractivity contribution in [3.05, 3.63) is 65.8 Å². The molecule has 11 nitrogen and oxygen atoms in total. The molecular formula is C31H40N8O3. The number of aryl methyl sites for hydroxylation is 1. The van der Waals surface area contributed by atoms with Crippen LogP contribution >= 0.6 is 0 Å². The predicted molar refractivity (Wildman–Crippen MR) is 162 cm³/mol. The molecule has 4 heterocycles. The first-order chi connectivity index (χ1) is 20.0. The second-order valence-corrected chi connectivity index (χ2v) is 12.1. The maximum Gasteiger partial charge on any atom is 0.256 e. The van der Waals surface area contributed by atoms with E-state index in [4.69, 9.17) is 9.26 Å². The number of hydrogen-bond donors (Lipinski definition) is 1. The van der Waals surface area contributed by atoms with E-state index >= 15 is 0 Å². The topological polar surface area (TPSA) is 114 Å². The molecule has 5 rings (SSSR count). The Balaban J connectivity index is 1.32. The number of aromatic nitrogens is 5. The van der Waals surface area contributed by atoms with Crippen LogP contribution in [0.2, 0.25) is 0 Å². The number of amides is 1. The Morgan fingerprint density at radius 3 is 2.57 bits per heavy atom. The lowest BCUT2D eigenvalue weighted by Gasteiger charge is -2.45. The molecule has 0 radical (unpaired) electrons. The minimum atomic E-state index is -0.284. The number of rotatable bonds is 8. The standard InChI is InChI=1S/C31H40N8O3/c1-20-8-9-23(30(40)33-29-14-28(42-35-29)31(4,5)6)13-27(20)39-19-26(34-36-39)24-12-25(16-32-15-24)37-17-21(2)38(10-11-41-7)22(3)18-37/h8-9,12-16,19,21-22H,10-11,17-18H2,1-7H3,(H,33,35,40). The second kappa shape index (κ2) is 12.0. The van der Waals surface area contributed by atoms with Crippen LogP contribution in [0.25, 0.3) is 16.9 Å². The lowest BCUT2D eigenvalue weighted by Crippen LogP contribution is -2.57. The highest BCUT2D eigenvalue weighted by atomic mass is 16.5. The SMILES string of the molecule is COCCN1C(C)CN(c2cncc(-c3cn(-c4cc(C(=O)Nc5cc(C(C)(C)C)on5)ccc4C)nn3)c2)CC1C. The van der Waals surface area contributed by atoms with Crippen molar-refractivity contribution in [2.24, 2.45) is 0 Å². The summed E-state index contributed by atoms with van der Waals surface area (Å²) in [6.07, 6.45) is 5.58. The summed E-state index contributed by atoms with van der Waals surface area (Å²) in [5.41, 5.74) is 4.64. The summed E-state index contributed by atoms with van der Waals surface area (Å²) in [6.45, 7) is 16.0. The fourth-order valence-corrected chi connectivity index (χ4v) is 5.33. The highest BCUT2D eigenvalue weighted by molar-refractivity contribution is 6.04. The van der Waals surface area contributed by atoms with Gasteiger partial charge in [0.25, 0.3) is 5.91 Å². The van der Waals surface area contributed by atoms with Gasteiger partial charge in [0.15, 0.2) is 5.82 Å². The number of hydrogen-bond acceptors (Lipinski definition) is 9. The van der Waals surface area contributed by atoms with E-state index in [1.54, 1.807) is 36.2 Å². The van der Waals surface area contributed by atoms with E-state index in [-0.39, 0.29) is 11.3 Å². The fraction of sp³-hybridized carbons (Fsp3) is 0.452. The lowest BCUT2D eigenvalue weighted by molar-refractivity contribution is 0.0846. The first kappa shape index (κ1) is 29.4.